The highest BCUT2D eigenvalue weighted by molar-refractivity contribution is 5.89. The third-order valence-electron chi connectivity index (χ3n) is 2.73. The average molecular weight is 277 g/mol. The fourth-order valence-electron chi connectivity index (χ4n) is 1.62. The largest absolute Gasteiger partial charge is 0.455 e. The van der Waals surface area contributed by atoms with Crippen molar-refractivity contribution in [3.63, 3.8) is 0 Å². The number of rotatable bonds is 4. The highest BCUT2D eigenvalue weighted by atomic mass is 19.3. The number of nitrogen functional groups attached to an aromatic ring is 1. The molecule has 0 aliphatic carbocycles. The summed E-state index contributed by atoms with van der Waals surface area (Å²) in [4.78, 5) is 11.6. The maximum Gasteiger partial charge on any atom is 0.338 e. The molecule has 0 saturated heterocycles. The van der Waals surface area contributed by atoms with Gasteiger partial charge in [0.1, 0.15) is 0 Å². The fraction of sp³-hybridized carbons (Fsp3) is 0.133. The number of alkyl halides is 2. The zero-order valence-electron chi connectivity index (χ0n) is 10.6. The zero-order valence-corrected chi connectivity index (χ0v) is 10.6. The van der Waals surface area contributed by atoms with Gasteiger partial charge in [0, 0.05) is 11.3 Å². The zero-order chi connectivity index (χ0) is 14.6. The van der Waals surface area contributed by atoms with Crippen molar-refractivity contribution in [3.8, 4) is 0 Å². The number of carbonyl (C=O) groups is 1. The summed E-state index contributed by atoms with van der Waals surface area (Å²) in [5, 5.41) is 0. The third-order valence-corrected chi connectivity index (χ3v) is 2.73. The smallest absolute Gasteiger partial charge is 0.338 e. The summed E-state index contributed by atoms with van der Waals surface area (Å²) in [6.45, 7) is -1.000. The molecule has 2 N–H and O–H groups in total. The van der Waals surface area contributed by atoms with Crippen LogP contribution in [0.25, 0.3) is 0 Å². The van der Waals surface area contributed by atoms with Crippen LogP contribution in [0.1, 0.15) is 15.9 Å². The lowest BCUT2D eigenvalue weighted by Crippen LogP contribution is -2.23. The van der Waals surface area contributed by atoms with E-state index in [0.717, 1.165) is 0 Å². The number of esters is 1. The van der Waals surface area contributed by atoms with Crippen LogP contribution in [0.3, 0.4) is 0 Å². The van der Waals surface area contributed by atoms with Crippen molar-refractivity contribution in [3.05, 3.63) is 65.7 Å². The van der Waals surface area contributed by atoms with Crippen LogP contribution < -0.4 is 5.73 Å². The van der Waals surface area contributed by atoms with E-state index in [-0.39, 0.29) is 11.1 Å². The standard InChI is InChI=1S/C15H13F2NO2/c16-15(17,12-4-2-1-3-5-12)10-20-14(19)11-6-8-13(18)9-7-11/h1-9H,10,18H2. The Bertz CT molecular complexity index is 583. The van der Waals surface area contributed by atoms with Gasteiger partial charge in [0.05, 0.1) is 5.56 Å². The van der Waals surface area contributed by atoms with Crippen LogP contribution in [0, 0.1) is 0 Å². The van der Waals surface area contributed by atoms with Crippen molar-refractivity contribution < 1.29 is 18.3 Å². The molecule has 104 valence electrons. The van der Waals surface area contributed by atoms with Crippen LogP contribution in [-0.4, -0.2) is 12.6 Å². The minimum atomic E-state index is -3.22. The third kappa shape index (κ3) is 3.32. The van der Waals surface area contributed by atoms with Crippen LogP contribution in [0.4, 0.5) is 14.5 Å². The van der Waals surface area contributed by atoms with E-state index in [1.54, 1.807) is 6.07 Å². The Morgan fingerprint density at radius 3 is 2.25 bits per heavy atom. The Labute approximate surface area is 115 Å². The summed E-state index contributed by atoms with van der Waals surface area (Å²) < 4.78 is 32.3. The van der Waals surface area contributed by atoms with Gasteiger partial charge in [-0.3, -0.25) is 0 Å². The molecule has 2 aromatic rings. The minimum Gasteiger partial charge on any atom is -0.455 e. The molecule has 0 atom stereocenters. The molecule has 0 amide bonds. The van der Waals surface area contributed by atoms with Crippen molar-refractivity contribution in [1.82, 2.24) is 0 Å². The molecule has 3 nitrogen and oxygen atoms in total. The van der Waals surface area contributed by atoms with Gasteiger partial charge >= 0.3 is 11.9 Å². The number of nitrogens with two attached hydrogens (primary N) is 1. The van der Waals surface area contributed by atoms with Crippen LogP contribution in [0.5, 0.6) is 0 Å². The molecule has 2 aromatic carbocycles. The van der Waals surface area contributed by atoms with E-state index in [9.17, 15) is 13.6 Å². The lowest BCUT2D eigenvalue weighted by Gasteiger charge is -2.16. The minimum absolute atomic E-state index is 0.183. The van der Waals surface area contributed by atoms with E-state index in [1.807, 2.05) is 0 Å². The van der Waals surface area contributed by atoms with Crippen LogP contribution in [-0.2, 0) is 10.7 Å². The number of hydrogen-bond acceptors (Lipinski definition) is 3. The molecule has 0 saturated carbocycles. The van der Waals surface area contributed by atoms with Crippen molar-refractivity contribution in [2.45, 2.75) is 5.92 Å². The summed E-state index contributed by atoms with van der Waals surface area (Å²) in [5.74, 6) is -4.02. The van der Waals surface area contributed by atoms with E-state index in [2.05, 4.69) is 4.74 Å². The fourth-order valence-corrected chi connectivity index (χ4v) is 1.62. The van der Waals surface area contributed by atoms with Gasteiger partial charge in [-0.05, 0) is 24.3 Å². The second-order valence-electron chi connectivity index (χ2n) is 4.27. The maximum absolute atomic E-state index is 13.8. The van der Waals surface area contributed by atoms with E-state index >= 15 is 0 Å². The predicted octanol–water partition coefficient (Wildman–Crippen LogP) is 3.22. The summed E-state index contributed by atoms with van der Waals surface area (Å²) in [5.41, 5.74) is 5.95. The highest BCUT2D eigenvalue weighted by Gasteiger charge is 2.33. The van der Waals surface area contributed by atoms with Crippen molar-refractivity contribution in [2.24, 2.45) is 0 Å². The van der Waals surface area contributed by atoms with Crippen molar-refractivity contribution in [2.75, 3.05) is 12.3 Å². The van der Waals surface area contributed by atoms with E-state index < -0.39 is 18.5 Å². The lowest BCUT2D eigenvalue weighted by molar-refractivity contribution is -0.0661. The first-order chi connectivity index (χ1) is 9.49. The summed E-state index contributed by atoms with van der Waals surface area (Å²) in [6.07, 6.45) is 0. The number of carbonyl (C=O) groups excluding carboxylic acids is 1. The van der Waals surface area contributed by atoms with Gasteiger partial charge in [-0.15, -0.1) is 0 Å². The molecular weight excluding hydrogens is 264 g/mol. The average Bonchev–Trinajstić information content (AvgIpc) is 2.46. The van der Waals surface area contributed by atoms with Crippen molar-refractivity contribution >= 4 is 11.7 Å². The number of hydrogen-bond donors (Lipinski definition) is 1. The second kappa shape index (κ2) is 5.69. The Balaban J connectivity index is 2.01. The quantitative estimate of drug-likeness (QED) is 0.689. The van der Waals surface area contributed by atoms with Crippen molar-refractivity contribution in [1.29, 1.82) is 0 Å². The molecule has 0 bridgehead atoms. The van der Waals surface area contributed by atoms with Gasteiger partial charge in [0.15, 0.2) is 6.61 Å². The molecule has 0 unspecified atom stereocenters. The van der Waals surface area contributed by atoms with E-state index in [0.29, 0.717) is 5.69 Å². The summed E-state index contributed by atoms with van der Waals surface area (Å²) in [7, 11) is 0. The molecule has 0 fully saturated rings. The molecule has 0 aliphatic rings. The van der Waals surface area contributed by atoms with Gasteiger partial charge in [-0.1, -0.05) is 30.3 Å². The molecule has 0 heterocycles. The SMILES string of the molecule is Nc1ccc(C(=O)OCC(F)(F)c2ccccc2)cc1. The predicted molar refractivity (Wildman–Crippen MR) is 71.5 cm³/mol. The number of benzene rings is 2. The lowest BCUT2D eigenvalue weighted by atomic mass is 10.1. The first kappa shape index (κ1) is 14.0. The van der Waals surface area contributed by atoms with Gasteiger partial charge in [-0.2, -0.15) is 8.78 Å². The normalized spacial score (nSPS) is 11.1. The summed E-state index contributed by atoms with van der Waals surface area (Å²) >= 11 is 0. The van der Waals surface area contributed by atoms with Crippen LogP contribution in [0.2, 0.25) is 0 Å². The summed E-state index contributed by atoms with van der Waals surface area (Å²) in [6, 6.07) is 13.1. The number of halogens is 2. The molecule has 0 aliphatic heterocycles. The molecule has 0 aromatic heterocycles. The molecule has 2 rings (SSSR count). The topological polar surface area (TPSA) is 52.3 Å². The molecule has 0 radical (unpaired) electrons. The second-order valence-corrected chi connectivity index (χ2v) is 4.27. The Morgan fingerprint density at radius 1 is 1.05 bits per heavy atom. The Morgan fingerprint density at radius 2 is 1.65 bits per heavy atom. The van der Waals surface area contributed by atoms with E-state index in [4.69, 9.17) is 5.73 Å². The molecule has 0 spiro atoms. The van der Waals surface area contributed by atoms with Gasteiger partial charge in [0.2, 0.25) is 0 Å². The highest BCUT2D eigenvalue weighted by Crippen LogP contribution is 2.28. The molecular formula is C15H13F2NO2. The van der Waals surface area contributed by atoms with Gasteiger partial charge < -0.3 is 10.5 Å². The van der Waals surface area contributed by atoms with Crippen LogP contribution >= 0.6 is 0 Å². The molecule has 5 heteroatoms. The van der Waals surface area contributed by atoms with Gasteiger partial charge in [-0.25, -0.2) is 4.79 Å². The van der Waals surface area contributed by atoms with Gasteiger partial charge in [0.25, 0.3) is 0 Å². The first-order valence-electron chi connectivity index (χ1n) is 5.95. The Kier molecular flexibility index (Phi) is 3.98. The van der Waals surface area contributed by atoms with E-state index in [1.165, 1.54) is 48.5 Å². The monoisotopic (exact) mass is 277 g/mol. The number of ether oxygens (including phenoxy) is 1. The van der Waals surface area contributed by atoms with Crippen LogP contribution in [0.15, 0.2) is 54.6 Å². The first-order valence-corrected chi connectivity index (χ1v) is 5.95. The number of anilines is 1. The molecule has 20 heavy (non-hydrogen) atoms. The maximum atomic E-state index is 13.8. The Hall–Kier alpha value is -2.43.